The fraction of sp³-hybridized carbons (Fsp3) is 0.294. The van der Waals surface area contributed by atoms with Crippen molar-refractivity contribution in [3.8, 4) is 5.75 Å². The number of hydrogen-bond acceptors (Lipinski definition) is 4. The normalized spacial score (nSPS) is 13.0. The molecule has 0 saturated carbocycles. The zero-order chi connectivity index (χ0) is 17.1. The average molecular weight is 317 g/mol. The molecule has 1 aromatic carbocycles. The Morgan fingerprint density at radius 1 is 1.39 bits per heavy atom. The molecule has 0 spiro atoms. The Bertz CT molecular complexity index is 788. The van der Waals surface area contributed by atoms with Gasteiger partial charge in [0.25, 0.3) is 0 Å². The fourth-order valence-corrected chi connectivity index (χ4v) is 2.25. The summed E-state index contributed by atoms with van der Waals surface area (Å²) in [4.78, 5) is 22.7. The maximum Gasteiger partial charge on any atom is 0.325 e. The third-order valence-electron chi connectivity index (χ3n) is 3.59. The summed E-state index contributed by atoms with van der Waals surface area (Å²) in [6.45, 7) is 5.11. The third-order valence-corrected chi connectivity index (χ3v) is 3.59. The summed E-state index contributed by atoms with van der Waals surface area (Å²) in [5, 5.41) is 12.1. The van der Waals surface area contributed by atoms with Crippen molar-refractivity contribution in [2.45, 2.75) is 26.8 Å². The van der Waals surface area contributed by atoms with Crippen LogP contribution in [0, 0.1) is 6.92 Å². The standard InChI is InChI=1S/C17H19NO5/c1-9(5-16(19)18-11(3)17(20)21)12-6-13-10(2)8-23-15(13)7-14(12)22-4/h5-8,11H,1-4H3,(H,18,19)(H,20,21)/b9-5+. The van der Waals surface area contributed by atoms with Gasteiger partial charge in [0.2, 0.25) is 5.91 Å². The van der Waals surface area contributed by atoms with Gasteiger partial charge in [-0.15, -0.1) is 0 Å². The summed E-state index contributed by atoms with van der Waals surface area (Å²) in [7, 11) is 1.54. The van der Waals surface area contributed by atoms with Crippen LogP contribution in [0.5, 0.6) is 5.75 Å². The molecule has 0 aliphatic carbocycles. The molecule has 0 fully saturated rings. The van der Waals surface area contributed by atoms with E-state index in [0.717, 1.165) is 16.5 Å². The number of methoxy groups -OCH3 is 1. The lowest BCUT2D eigenvalue weighted by Crippen LogP contribution is -2.37. The molecule has 1 aromatic heterocycles. The fourth-order valence-electron chi connectivity index (χ4n) is 2.25. The van der Waals surface area contributed by atoms with Gasteiger partial charge in [-0.05, 0) is 38.0 Å². The Morgan fingerprint density at radius 3 is 2.70 bits per heavy atom. The molecule has 1 heterocycles. The van der Waals surface area contributed by atoms with Crippen LogP contribution in [0.4, 0.5) is 0 Å². The Labute approximate surface area is 133 Å². The minimum absolute atomic E-state index is 0.469. The van der Waals surface area contributed by atoms with E-state index in [1.807, 2.05) is 13.0 Å². The predicted octanol–water partition coefficient (Wildman–Crippen LogP) is 2.74. The molecule has 0 radical (unpaired) electrons. The van der Waals surface area contributed by atoms with Crippen LogP contribution in [0.15, 0.2) is 28.9 Å². The highest BCUT2D eigenvalue weighted by molar-refractivity contribution is 5.98. The van der Waals surface area contributed by atoms with E-state index in [-0.39, 0.29) is 0 Å². The molecule has 23 heavy (non-hydrogen) atoms. The second-order valence-corrected chi connectivity index (χ2v) is 5.36. The lowest BCUT2D eigenvalue weighted by Gasteiger charge is -2.11. The quantitative estimate of drug-likeness (QED) is 0.828. The molecular weight excluding hydrogens is 298 g/mol. The minimum atomic E-state index is -1.09. The molecule has 0 aliphatic rings. The number of carboxylic acid groups (broad SMARTS) is 1. The molecule has 6 heteroatoms. The van der Waals surface area contributed by atoms with E-state index in [4.69, 9.17) is 14.3 Å². The van der Waals surface area contributed by atoms with Gasteiger partial charge in [0.15, 0.2) is 0 Å². The van der Waals surface area contributed by atoms with E-state index in [9.17, 15) is 9.59 Å². The lowest BCUT2D eigenvalue weighted by atomic mass is 10.0. The molecule has 2 aromatic rings. The van der Waals surface area contributed by atoms with Crippen molar-refractivity contribution in [2.24, 2.45) is 0 Å². The first-order valence-electron chi connectivity index (χ1n) is 7.11. The summed E-state index contributed by atoms with van der Waals surface area (Å²) in [5.74, 6) is -0.972. The molecule has 2 N–H and O–H groups in total. The van der Waals surface area contributed by atoms with E-state index in [1.165, 1.54) is 13.0 Å². The van der Waals surface area contributed by atoms with Crippen molar-refractivity contribution in [3.05, 3.63) is 35.6 Å². The van der Waals surface area contributed by atoms with Gasteiger partial charge in [-0.3, -0.25) is 9.59 Å². The second kappa shape index (κ2) is 6.56. The molecule has 1 unspecified atom stereocenters. The van der Waals surface area contributed by atoms with E-state index in [1.54, 1.807) is 26.4 Å². The summed E-state index contributed by atoms with van der Waals surface area (Å²) in [6.07, 6.45) is 3.02. The monoisotopic (exact) mass is 317 g/mol. The van der Waals surface area contributed by atoms with Crippen molar-refractivity contribution in [1.82, 2.24) is 5.32 Å². The van der Waals surface area contributed by atoms with Gasteiger partial charge in [-0.2, -0.15) is 0 Å². The van der Waals surface area contributed by atoms with Crippen LogP contribution in [-0.4, -0.2) is 30.1 Å². The third kappa shape index (κ3) is 3.53. The highest BCUT2D eigenvalue weighted by Gasteiger charge is 2.15. The first-order chi connectivity index (χ1) is 10.8. The SMILES string of the molecule is COc1cc2occ(C)c2cc1/C(C)=C/C(=O)NC(C)C(=O)O. The number of carbonyl (C=O) groups is 2. The zero-order valence-corrected chi connectivity index (χ0v) is 13.5. The molecule has 122 valence electrons. The van der Waals surface area contributed by atoms with E-state index in [2.05, 4.69) is 5.32 Å². The summed E-state index contributed by atoms with van der Waals surface area (Å²) >= 11 is 0. The topological polar surface area (TPSA) is 88.8 Å². The summed E-state index contributed by atoms with van der Waals surface area (Å²) in [6, 6.07) is 2.71. The Hall–Kier alpha value is -2.76. The number of carboxylic acids is 1. The van der Waals surface area contributed by atoms with E-state index < -0.39 is 17.9 Å². The summed E-state index contributed by atoms with van der Waals surface area (Å²) < 4.78 is 10.8. The highest BCUT2D eigenvalue weighted by Crippen LogP contribution is 2.33. The number of furan rings is 1. The molecule has 0 aliphatic heterocycles. The molecule has 0 saturated heterocycles. The maximum absolute atomic E-state index is 11.9. The zero-order valence-electron chi connectivity index (χ0n) is 13.5. The second-order valence-electron chi connectivity index (χ2n) is 5.36. The van der Waals surface area contributed by atoms with Crippen molar-refractivity contribution in [1.29, 1.82) is 0 Å². The van der Waals surface area contributed by atoms with Gasteiger partial charge < -0.3 is 19.6 Å². The average Bonchev–Trinajstić information content (AvgIpc) is 2.86. The number of aliphatic carboxylic acids is 1. The van der Waals surface area contributed by atoms with Crippen LogP contribution in [0.25, 0.3) is 16.5 Å². The molecule has 1 amide bonds. The number of nitrogens with one attached hydrogen (secondary N) is 1. The molecule has 6 nitrogen and oxygen atoms in total. The Balaban J connectivity index is 2.37. The molecular formula is C17H19NO5. The van der Waals surface area contributed by atoms with Gasteiger partial charge in [0.05, 0.1) is 13.4 Å². The van der Waals surface area contributed by atoms with Crippen molar-refractivity contribution in [2.75, 3.05) is 7.11 Å². The number of aryl methyl sites for hydroxylation is 1. The van der Waals surface area contributed by atoms with Crippen LogP contribution in [-0.2, 0) is 9.59 Å². The largest absolute Gasteiger partial charge is 0.496 e. The van der Waals surface area contributed by atoms with Crippen molar-refractivity contribution in [3.63, 3.8) is 0 Å². The number of allylic oxidation sites excluding steroid dienone is 1. The smallest absolute Gasteiger partial charge is 0.325 e. The number of ether oxygens (including phenoxy) is 1. The van der Waals surface area contributed by atoms with Crippen molar-refractivity contribution < 1.29 is 23.8 Å². The Kier molecular flexibility index (Phi) is 4.74. The highest BCUT2D eigenvalue weighted by atomic mass is 16.5. The number of hydrogen-bond donors (Lipinski definition) is 2. The number of rotatable bonds is 5. The van der Waals surface area contributed by atoms with Crippen LogP contribution in [0.3, 0.4) is 0 Å². The number of fused-ring (bicyclic) bond motifs is 1. The van der Waals surface area contributed by atoms with Crippen LogP contribution in [0.1, 0.15) is 25.0 Å². The lowest BCUT2D eigenvalue weighted by molar-refractivity contribution is -0.140. The predicted molar refractivity (Wildman–Crippen MR) is 86.4 cm³/mol. The van der Waals surface area contributed by atoms with Gasteiger partial charge >= 0.3 is 5.97 Å². The molecule has 1 atom stereocenters. The van der Waals surface area contributed by atoms with E-state index in [0.29, 0.717) is 16.9 Å². The Morgan fingerprint density at radius 2 is 2.09 bits per heavy atom. The first kappa shape index (κ1) is 16.6. The number of amides is 1. The number of benzene rings is 1. The number of carbonyl (C=O) groups excluding carboxylic acids is 1. The van der Waals surface area contributed by atoms with Crippen molar-refractivity contribution >= 4 is 28.4 Å². The van der Waals surface area contributed by atoms with Crippen LogP contribution >= 0.6 is 0 Å². The van der Waals surface area contributed by atoms with Crippen LogP contribution < -0.4 is 10.1 Å². The minimum Gasteiger partial charge on any atom is -0.496 e. The maximum atomic E-state index is 11.9. The van der Waals surface area contributed by atoms with Gasteiger partial charge in [-0.1, -0.05) is 0 Å². The summed E-state index contributed by atoms with van der Waals surface area (Å²) in [5.41, 5.74) is 3.11. The van der Waals surface area contributed by atoms with Gasteiger partial charge in [0, 0.05) is 23.1 Å². The van der Waals surface area contributed by atoms with Gasteiger partial charge in [-0.25, -0.2) is 0 Å². The van der Waals surface area contributed by atoms with Crippen LogP contribution in [0.2, 0.25) is 0 Å². The molecule has 2 rings (SSSR count). The first-order valence-corrected chi connectivity index (χ1v) is 7.11. The van der Waals surface area contributed by atoms with E-state index >= 15 is 0 Å². The van der Waals surface area contributed by atoms with Gasteiger partial charge in [0.1, 0.15) is 17.4 Å². The molecule has 0 bridgehead atoms.